The first-order valence-electron chi connectivity index (χ1n) is 5.96. The first-order valence-corrected chi connectivity index (χ1v) is 5.96. The predicted molar refractivity (Wildman–Crippen MR) is 63.8 cm³/mol. The zero-order valence-corrected chi connectivity index (χ0v) is 10.5. The lowest BCUT2D eigenvalue weighted by Crippen LogP contribution is -2.32. The number of fused-ring (bicyclic) bond motifs is 1. The Bertz CT molecular complexity index is 621. The van der Waals surface area contributed by atoms with E-state index in [2.05, 4.69) is 15.0 Å². The van der Waals surface area contributed by atoms with E-state index in [1.807, 2.05) is 0 Å². The molecule has 20 heavy (non-hydrogen) atoms. The Hall–Kier alpha value is -1.84. The van der Waals surface area contributed by atoms with Gasteiger partial charge in [-0.05, 0) is 0 Å². The van der Waals surface area contributed by atoms with E-state index in [-0.39, 0.29) is 5.88 Å². The predicted octanol–water partition coefficient (Wildman–Crippen LogP) is -0.576. The molecule has 108 valence electrons. The zero-order chi connectivity index (χ0) is 14.3. The molecule has 0 aliphatic carbocycles. The van der Waals surface area contributed by atoms with Crippen molar-refractivity contribution in [3.63, 3.8) is 0 Å². The smallest absolute Gasteiger partial charge is 0.245 e. The van der Waals surface area contributed by atoms with Gasteiger partial charge in [0.15, 0.2) is 17.4 Å². The lowest BCUT2D eigenvalue weighted by atomic mass is 10.1. The molecule has 1 fully saturated rings. The number of hydrogen-bond donors (Lipinski definition) is 2. The fraction of sp³-hybridized carbons (Fsp3) is 0.545. The molecule has 0 spiro atoms. The lowest BCUT2D eigenvalue weighted by molar-refractivity contribution is -0.0409. The van der Waals surface area contributed by atoms with Crippen molar-refractivity contribution in [1.29, 1.82) is 0 Å². The van der Waals surface area contributed by atoms with Gasteiger partial charge in [-0.15, -0.1) is 0 Å². The second-order valence-electron chi connectivity index (χ2n) is 4.41. The van der Waals surface area contributed by atoms with Gasteiger partial charge in [0.25, 0.3) is 0 Å². The van der Waals surface area contributed by atoms with Gasteiger partial charge in [-0.1, -0.05) is 0 Å². The molecule has 0 saturated carbocycles. The maximum Gasteiger partial charge on any atom is 0.245 e. The minimum absolute atomic E-state index is 0.281. The number of alkyl halides is 1. The van der Waals surface area contributed by atoms with Crippen molar-refractivity contribution in [3.8, 4) is 5.88 Å². The van der Waals surface area contributed by atoms with Gasteiger partial charge in [0.2, 0.25) is 5.88 Å². The van der Waals surface area contributed by atoms with Crippen LogP contribution in [0, 0.1) is 0 Å². The highest BCUT2D eigenvalue weighted by atomic mass is 19.1. The SMILES string of the molecule is COc1ncnc2c1ncn2C1OC(CF)C(O)C1O. The zero-order valence-electron chi connectivity index (χ0n) is 10.5. The number of methoxy groups -OCH3 is 1. The first kappa shape index (κ1) is 13.2. The number of aromatic nitrogens is 4. The Morgan fingerprint density at radius 1 is 1.35 bits per heavy atom. The lowest BCUT2D eigenvalue weighted by Gasteiger charge is -2.16. The van der Waals surface area contributed by atoms with Gasteiger partial charge in [-0.3, -0.25) is 4.57 Å². The number of hydrogen-bond acceptors (Lipinski definition) is 7. The molecule has 2 aromatic rings. The van der Waals surface area contributed by atoms with Crippen LogP contribution in [0.3, 0.4) is 0 Å². The van der Waals surface area contributed by atoms with Crippen molar-refractivity contribution >= 4 is 11.2 Å². The summed E-state index contributed by atoms with van der Waals surface area (Å²) in [5.74, 6) is 0.281. The van der Waals surface area contributed by atoms with Crippen molar-refractivity contribution in [3.05, 3.63) is 12.7 Å². The summed E-state index contributed by atoms with van der Waals surface area (Å²) >= 11 is 0. The third-order valence-electron chi connectivity index (χ3n) is 3.28. The number of rotatable bonds is 3. The van der Waals surface area contributed by atoms with E-state index >= 15 is 0 Å². The molecule has 0 amide bonds. The minimum Gasteiger partial charge on any atom is -0.479 e. The van der Waals surface area contributed by atoms with Gasteiger partial charge >= 0.3 is 0 Å². The van der Waals surface area contributed by atoms with Crippen LogP contribution in [-0.2, 0) is 4.74 Å². The van der Waals surface area contributed by atoms with E-state index in [0.29, 0.717) is 11.2 Å². The summed E-state index contributed by atoms with van der Waals surface area (Å²) in [7, 11) is 1.45. The molecule has 0 bridgehead atoms. The summed E-state index contributed by atoms with van der Waals surface area (Å²) in [5, 5.41) is 19.6. The average Bonchev–Trinajstić information content (AvgIpc) is 3.01. The normalized spacial score (nSPS) is 30.0. The maximum atomic E-state index is 12.7. The molecule has 4 atom stereocenters. The van der Waals surface area contributed by atoms with Gasteiger partial charge in [0.1, 0.15) is 31.3 Å². The number of aliphatic hydroxyl groups excluding tert-OH is 2. The second kappa shape index (κ2) is 4.93. The molecule has 2 N–H and O–H groups in total. The van der Waals surface area contributed by atoms with E-state index in [9.17, 15) is 14.6 Å². The second-order valence-corrected chi connectivity index (χ2v) is 4.41. The maximum absolute atomic E-state index is 12.7. The number of ether oxygens (including phenoxy) is 2. The van der Waals surface area contributed by atoms with Crippen LogP contribution >= 0.6 is 0 Å². The van der Waals surface area contributed by atoms with Gasteiger partial charge in [-0.25, -0.2) is 14.4 Å². The molecule has 2 aromatic heterocycles. The molecule has 4 unspecified atom stereocenters. The summed E-state index contributed by atoms with van der Waals surface area (Å²) in [5.41, 5.74) is 0.761. The fourth-order valence-corrected chi connectivity index (χ4v) is 2.25. The Kier molecular flexibility index (Phi) is 3.24. The Balaban J connectivity index is 2.03. The first-order chi connectivity index (χ1) is 9.67. The Morgan fingerprint density at radius 2 is 2.15 bits per heavy atom. The van der Waals surface area contributed by atoms with E-state index in [1.54, 1.807) is 0 Å². The molecule has 3 heterocycles. The van der Waals surface area contributed by atoms with Crippen LogP contribution < -0.4 is 4.74 Å². The minimum atomic E-state index is -1.30. The number of halogens is 1. The summed E-state index contributed by atoms with van der Waals surface area (Å²) in [6, 6.07) is 0. The Morgan fingerprint density at radius 3 is 2.80 bits per heavy atom. The number of aliphatic hydroxyl groups is 2. The monoisotopic (exact) mass is 284 g/mol. The van der Waals surface area contributed by atoms with Crippen molar-refractivity contribution in [2.24, 2.45) is 0 Å². The number of imidazole rings is 1. The summed E-state index contributed by atoms with van der Waals surface area (Å²) in [6.45, 7) is -0.889. The van der Waals surface area contributed by atoms with Crippen LogP contribution in [0.4, 0.5) is 4.39 Å². The Labute approximate surface area is 112 Å². The van der Waals surface area contributed by atoms with Crippen LogP contribution in [0.5, 0.6) is 5.88 Å². The van der Waals surface area contributed by atoms with Crippen LogP contribution in [0.25, 0.3) is 11.2 Å². The average molecular weight is 284 g/mol. The van der Waals surface area contributed by atoms with Crippen molar-refractivity contribution in [1.82, 2.24) is 19.5 Å². The van der Waals surface area contributed by atoms with Crippen LogP contribution in [0.15, 0.2) is 12.7 Å². The summed E-state index contributed by atoms with van der Waals surface area (Å²) < 4.78 is 24.5. The largest absolute Gasteiger partial charge is 0.479 e. The molecule has 8 nitrogen and oxygen atoms in total. The van der Waals surface area contributed by atoms with Gasteiger partial charge in [0.05, 0.1) is 13.4 Å². The molecule has 9 heteroatoms. The highest BCUT2D eigenvalue weighted by Gasteiger charge is 2.44. The molecular formula is C11H13FN4O4. The molecule has 1 aliphatic heterocycles. The molecule has 1 saturated heterocycles. The standard InChI is InChI=1S/C11H13FN4O4/c1-19-10-6-9(13-3-14-10)16(4-15-6)11-8(18)7(17)5(2-12)20-11/h3-5,7-8,11,17-18H,2H2,1H3. The van der Waals surface area contributed by atoms with Gasteiger partial charge in [-0.2, -0.15) is 4.98 Å². The highest BCUT2D eigenvalue weighted by molar-refractivity contribution is 5.76. The quantitative estimate of drug-likeness (QED) is 0.777. The number of nitrogens with zero attached hydrogens (tertiary/aromatic N) is 4. The van der Waals surface area contributed by atoms with Crippen molar-refractivity contribution < 1.29 is 24.1 Å². The molecule has 0 radical (unpaired) electrons. The van der Waals surface area contributed by atoms with Gasteiger partial charge < -0.3 is 19.7 Å². The highest BCUT2D eigenvalue weighted by Crippen LogP contribution is 2.32. The van der Waals surface area contributed by atoms with Crippen LogP contribution in [-0.4, -0.2) is 61.8 Å². The third-order valence-corrected chi connectivity index (χ3v) is 3.28. The van der Waals surface area contributed by atoms with E-state index in [1.165, 1.54) is 24.3 Å². The van der Waals surface area contributed by atoms with Crippen molar-refractivity contribution in [2.75, 3.05) is 13.8 Å². The van der Waals surface area contributed by atoms with E-state index in [0.717, 1.165) is 0 Å². The van der Waals surface area contributed by atoms with Crippen LogP contribution in [0.1, 0.15) is 6.23 Å². The third kappa shape index (κ3) is 1.82. The molecule has 0 aromatic carbocycles. The summed E-state index contributed by atoms with van der Waals surface area (Å²) in [6.07, 6.45) is -1.95. The van der Waals surface area contributed by atoms with Crippen LogP contribution in [0.2, 0.25) is 0 Å². The van der Waals surface area contributed by atoms with Gasteiger partial charge in [0, 0.05) is 0 Å². The molecule has 1 aliphatic rings. The summed E-state index contributed by atoms with van der Waals surface area (Å²) in [4.78, 5) is 12.0. The molecule has 3 rings (SSSR count). The van der Waals surface area contributed by atoms with E-state index < -0.39 is 31.2 Å². The topological polar surface area (TPSA) is 103 Å². The molecular weight excluding hydrogens is 271 g/mol. The van der Waals surface area contributed by atoms with E-state index in [4.69, 9.17) is 9.47 Å². The van der Waals surface area contributed by atoms with Crippen molar-refractivity contribution in [2.45, 2.75) is 24.5 Å². The fourth-order valence-electron chi connectivity index (χ4n) is 2.25.